The number of aliphatic imine (C=N–C) groups is 1. The van der Waals surface area contributed by atoms with Crippen molar-refractivity contribution < 1.29 is 5.11 Å². The van der Waals surface area contributed by atoms with Crippen LogP contribution in [0.3, 0.4) is 0 Å². The second kappa shape index (κ2) is 6.84. The molecule has 0 saturated heterocycles. The van der Waals surface area contributed by atoms with Gasteiger partial charge in [0.25, 0.3) is 0 Å². The van der Waals surface area contributed by atoms with E-state index in [-0.39, 0.29) is 0 Å². The van der Waals surface area contributed by atoms with E-state index in [9.17, 15) is 5.11 Å². The van der Waals surface area contributed by atoms with Crippen molar-refractivity contribution in [1.82, 2.24) is 9.80 Å². The van der Waals surface area contributed by atoms with Crippen molar-refractivity contribution in [3.05, 3.63) is 0 Å². The summed E-state index contributed by atoms with van der Waals surface area (Å²) in [6.45, 7) is 1.23. The maximum Gasteiger partial charge on any atom is 0.195 e. The molecule has 1 fully saturated rings. The lowest BCUT2D eigenvalue weighted by molar-refractivity contribution is 0.163. The zero-order valence-corrected chi connectivity index (χ0v) is 11.7. The summed E-state index contributed by atoms with van der Waals surface area (Å²) in [7, 11) is 8.10. The fourth-order valence-corrected chi connectivity index (χ4v) is 2.63. The van der Waals surface area contributed by atoms with Crippen LogP contribution in [0.5, 0.6) is 0 Å². The van der Waals surface area contributed by atoms with Crippen molar-refractivity contribution in [1.29, 1.82) is 0 Å². The second-order valence-electron chi connectivity index (χ2n) is 5.51. The molecule has 1 rings (SSSR count). The smallest absolute Gasteiger partial charge is 0.195 e. The molecule has 0 bridgehead atoms. The number of guanidine groups is 1. The lowest BCUT2D eigenvalue weighted by atomic mass is 9.82. The topological polar surface area (TPSA) is 39.1 Å². The lowest BCUT2D eigenvalue weighted by Gasteiger charge is -2.28. The Morgan fingerprint density at radius 1 is 1.12 bits per heavy atom. The van der Waals surface area contributed by atoms with Crippen LogP contribution in [-0.2, 0) is 0 Å². The van der Waals surface area contributed by atoms with Gasteiger partial charge >= 0.3 is 0 Å². The fraction of sp³-hybridized carbons (Fsp3) is 0.923. The zero-order valence-electron chi connectivity index (χ0n) is 11.7. The Balaban J connectivity index is 2.49. The Kier molecular flexibility index (Phi) is 5.75. The van der Waals surface area contributed by atoms with Gasteiger partial charge in [-0.15, -0.1) is 0 Å². The maximum atomic E-state index is 9.21. The number of nitrogens with zero attached hydrogens (tertiary/aromatic N) is 3. The summed E-state index contributed by atoms with van der Waals surface area (Å²) in [5.74, 6) is 2.18. The summed E-state index contributed by atoms with van der Waals surface area (Å²) in [5.41, 5.74) is 0. The van der Waals surface area contributed by atoms with Crippen LogP contribution in [0, 0.1) is 11.8 Å². The zero-order chi connectivity index (χ0) is 12.8. The van der Waals surface area contributed by atoms with Crippen LogP contribution >= 0.6 is 0 Å². The standard InChI is InChI=1S/C13H27N3O/c1-15(2)13(16(3)4)14-9-11-6-5-7-12(8-11)10-17/h11-12,17H,5-10H2,1-4H3/t11-,12+/m0/s1. The van der Waals surface area contributed by atoms with Crippen molar-refractivity contribution in [2.24, 2.45) is 16.8 Å². The van der Waals surface area contributed by atoms with E-state index in [4.69, 9.17) is 4.99 Å². The quantitative estimate of drug-likeness (QED) is 0.597. The summed E-state index contributed by atoms with van der Waals surface area (Å²) < 4.78 is 0. The van der Waals surface area contributed by atoms with Crippen LogP contribution in [0.15, 0.2) is 4.99 Å². The van der Waals surface area contributed by atoms with Crippen LogP contribution in [0.4, 0.5) is 0 Å². The van der Waals surface area contributed by atoms with Gasteiger partial charge in [-0.25, -0.2) is 0 Å². The molecule has 4 heteroatoms. The molecule has 100 valence electrons. The van der Waals surface area contributed by atoms with E-state index >= 15 is 0 Å². The van der Waals surface area contributed by atoms with Gasteiger partial charge < -0.3 is 14.9 Å². The third-order valence-corrected chi connectivity index (χ3v) is 3.44. The van der Waals surface area contributed by atoms with Gasteiger partial charge in [0, 0.05) is 41.3 Å². The van der Waals surface area contributed by atoms with Crippen LogP contribution in [0.2, 0.25) is 0 Å². The fourth-order valence-electron chi connectivity index (χ4n) is 2.63. The average molecular weight is 241 g/mol. The molecule has 0 heterocycles. The Hall–Kier alpha value is -0.770. The summed E-state index contributed by atoms with van der Waals surface area (Å²) in [5, 5.41) is 9.21. The minimum atomic E-state index is 0.342. The molecule has 0 spiro atoms. The molecule has 0 aromatic heterocycles. The highest BCUT2D eigenvalue weighted by Crippen LogP contribution is 2.28. The van der Waals surface area contributed by atoms with E-state index in [1.54, 1.807) is 0 Å². The molecular formula is C13H27N3O. The third kappa shape index (κ3) is 4.54. The summed E-state index contributed by atoms with van der Waals surface area (Å²) in [6, 6.07) is 0. The van der Waals surface area contributed by atoms with Crippen molar-refractivity contribution in [2.75, 3.05) is 41.3 Å². The molecule has 0 amide bonds. The SMILES string of the molecule is CN(C)C(=NC[C@H]1CCC[C@@H](CO)C1)N(C)C. The molecule has 2 atom stereocenters. The van der Waals surface area contributed by atoms with Crippen molar-refractivity contribution >= 4 is 5.96 Å². The Morgan fingerprint density at radius 2 is 1.71 bits per heavy atom. The summed E-state index contributed by atoms with van der Waals surface area (Å²) in [4.78, 5) is 8.80. The first-order chi connectivity index (χ1) is 8.04. The number of hydrogen-bond acceptors (Lipinski definition) is 2. The van der Waals surface area contributed by atoms with Crippen molar-refractivity contribution in [3.8, 4) is 0 Å². The maximum absolute atomic E-state index is 9.21. The van der Waals surface area contributed by atoms with Crippen LogP contribution < -0.4 is 0 Å². The van der Waals surface area contributed by atoms with Gasteiger partial charge in [0.05, 0.1) is 0 Å². The van der Waals surface area contributed by atoms with Gasteiger partial charge in [-0.1, -0.05) is 6.42 Å². The predicted molar refractivity (Wildman–Crippen MR) is 72.2 cm³/mol. The molecule has 0 aliphatic heterocycles. The van der Waals surface area contributed by atoms with Gasteiger partial charge in [0.2, 0.25) is 0 Å². The first-order valence-electron chi connectivity index (χ1n) is 6.54. The number of hydrogen-bond donors (Lipinski definition) is 1. The minimum absolute atomic E-state index is 0.342. The third-order valence-electron chi connectivity index (χ3n) is 3.44. The van der Waals surface area contributed by atoms with E-state index in [0.29, 0.717) is 18.4 Å². The van der Waals surface area contributed by atoms with E-state index in [1.165, 1.54) is 19.3 Å². The lowest BCUT2D eigenvalue weighted by Crippen LogP contribution is -2.36. The van der Waals surface area contributed by atoms with Crippen LogP contribution in [0.1, 0.15) is 25.7 Å². The first-order valence-corrected chi connectivity index (χ1v) is 6.54. The minimum Gasteiger partial charge on any atom is -0.396 e. The van der Waals surface area contributed by atoms with Crippen LogP contribution in [0.25, 0.3) is 0 Å². The normalized spacial score (nSPS) is 24.3. The molecule has 4 nitrogen and oxygen atoms in total. The van der Waals surface area contributed by atoms with Gasteiger partial charge in [-0.05, 0) is 31.1 Å². The molecule has 1 saturated carbocycles. The molecule has 0 radical (unpaired) electrons. The number of rotatable bonds is 3. The Morgan fingerprint density at radius 3 is 2.24 bits per heavy atom. The van der Waals surface area contributed by atoms with Gasteiger partial charge in [-0.2, -0.15) is 0 Å². The van der Waals surface area contributed by atoms with Crippen molar-refractivity contribution in [3.63, 3.8) is 0 Å². The van der Waals surface area contributed by atoms with Gasteiger partial charge in [0.1, 0.15) is 0 Å². The predicted octanol–water partition coefficient (Wildman–Crippen LogP) is 1.26. The molecular weight excluding hydrogens is 214 g/mol. The molecule has 17 heavy (non-hydrogen) atoms. The molecule has 0 aromatic carbocycles. The molecule has 1 N–H and O–H groups in total. The molecule has 0 unspecified atom stereocenters. The highest BCUT2D eigenvalue weighted by Gasteiger charge is 2.21. The molecule has 1 aliphatic carbocycles. The monoisotopic (exact) mass is 241 g/mol. The highest BCUT2D eigenvalue weighted by molar-refractivity contribution is 5.79. The van der Waals surface area contributed by atoms with Gasteiger partial charge in [-0.3, -0.25) is 4.99 Å². The highest BCUT2D eigenvalue weighted by atomic mass is 16.3. The Bertz CT molecular complexity index is 241. The number of aliphatic hydroxyl groups is 1. The van der Waals surface area contributed by atoms with E-state index in [0.717, 1.165) is 18.9 Å². The van der Waals surface area contributed by atoms with E-state index in [1.807, 2.05) is 38.0 Å². The first kappa shape index (κ1) is 14.3. The van der Waals surface area contributed by atoms with Crippen LogP contribution in [-0.4, -0.2) is 62.2 Å². The van der Waals surface area contributed by atoms with E-state index < -0.39 is 0 Å². The van der Waals surface area contributed by atoms with Gasteiger partial charge in [0.15, 0.2) is 5.96 Å². The molecule has 0 aromatic rings. The van der Waals surface area contributed by atoms with E-state index in [2.05, 4.69) is 0 Å². The molecule has 1 aliphatic rings. The van der Waals surface area contributed by atoms with Crippen molar-refractivity contribution in [2.45, 2.75) is 25.7 Å². The number of aliphatic hydroxyl groups excluding tert-OH is 1. The second-order valence-corrected chi connectivity index (χ2v) is 5.51. The Labute approximate surface area is 105 Å². The largest absolute Gasteiger partial charge is 0.396 e. The average Bonchev–Trinajstić information content (AvgIpc) is 2.28. The summed E-state index contributed by atoms with van der Waals surface area (Å²) in [6.07, 6.45) is 4.82. The summed E-state index contributed by atoms with van der Waals surface area (Å²) >= 11 is 0.